The average molecular weight is 777 g/mol. The molecule has 1 aliphatic heterocycles. The zero-order valence-electron chi connectivity index (χ0n) is 32.5. The number of aromatic nitrogens is 4. The van der Waals surface area contributed by atoms with E-state index >= 15 is 0 Å². The maximum atomic E-state index is 5.15. The molecule has 1 aliphatic carbocycles. The molecule has 8 aromatic rings. The van der Waals surface area contributed by atoms with Crippen molar-refractivity contribution in [2.24, 2.45) is 0 Å². The molecule has 2 aliphatic rings. The van der Waals surface area contributed by atoms with Gasteiger partial charge < -0.3 is 0 Å². The van der Waals surface area contributed by atoms with Crippen LogP contribution >= 0.6 is 11.8 Å². The number of rotatable bonds is 5. The second kappa shape index (κ2) is 16.5. The summed E-state index contributed by atoms with van der Waals surface area (Å²) >= 11 is 1.90. The lowest BCUT2D eigenvalue weighted by molar-refractivity contribution is 1.04. The van der Waals surface area contributed by atoms with Crippen LogP contribution < -0.4 is 0 Å². The Balaban J connectivity index is 1.20. The Bertz CT molecular complexity index is 2890. The molecule has 10 rings (SSSR count). The topological polar surface area (TPSA) is 51.6 Å². The molecule has 4 nitrogen and oxygen atoms in total. The maximum Gasteiger partial charge on any atom is 0.164 e. The normalized spacial score (nSPS) is 14.9. The fraction of sp³-hybridized carbons (Fsp3) is 0.0741. The van der Waals surface area contributed by atoms with E-state index in [2.05, 4.69) is 146 Å². The van der Waals surface area contributed by atoms with Crippen LogP contribution in [0.15, 0.2) is 199 Å². The number of allylic oxidation sites excluding steroid dienone is 6. The zero-order chi connectivity index (χ0) is 39.4. The average Bonchev–Trinajstić information content (AvgIpc) is 3.32. The molecule has 3 heterocycles. The van der Waals surface area contributed by atoms with Crippen LogP contribution in [0.3, 0.4) is 0 Å². The molecule has 0 radical (unpaired) electrons. The first-order valence-corrected chi connectivity index (χ1v) is 21.2. The molecule has 0 bridgehead atoms. The largest absolute Gasteiger partial charge is 0.256 e. The molecule has 2 aromatic heterocycles. The molecule has 0 N–H and O–H groups in total. The van der Waals surface area contributed by atoms with Gasteiger partial charge in [0, 0.05) is 44.5 Å². The van der Waals surface area contributed by atoms with Gasteiger partial charge in [0.15, 0.2) is 17.5 Å². The maximum absolute atomic E-state index is 5.15. The van der Waals surface area contributed by atoms with Crippen LogP contribution in [-0.2, 0) is 6.42 Å². The summed E-state index contributed by atoms with van der Waals surface area (Å²) in [6.07, 6.45) is 18.5. The quantitative estimate of drug-likeness (QED) is 0.174. The van der Waals surface area contributed by atoms with Gasteiger partial charge in [-0.05, 0) is 82.0 Å². The van der Waals surface area contributed by atoms with E-state index in [-0.39, 0.29) is 0 Å². The summed E-state index contributed by atoms with van der Waals surface area (Å²) in [6.45, 7) is 0. The van der Waals surface area contributed by atoms with E-state index in [0.717, 1.165) is 69.3 Å². The van der Waals surface area contributed by atoms with Crippen molar-refractivity contribution >= 4 is 28.2 Å². The lowest BCUT2D eigenvalue weighted by Gasteiger charge is -2.22. The van der Waals surface area contributed by atoms with Crippen molar-refractivity contribution in [2.45, 2.75) is 19.3 Å². The lowest BCUT2D eigenvalue weighted by Crippen LogP contribution is -2.02. The number of benzene rings is 6. The number of nitrogens with zero attached hydrogens (tertiary/aromatic N) is 4. The highest BCUT2D eigenvalue weighted by molar-refractivity contribution is 8.03. The summed E-state index contributed by atoms with van der Waals surface area (Å²) < 4.78 is 0. The molecule has 0 atom stereocenters. The van der Waals surface area contributed by atoms with Crippen molar-refractivity contribution in [3.05, 3.63) is 210 Å². The van der Waals surface area contributed by atoms with Crippen molar-refractivity contribution in [3.8, 4) is 67.5 Å². The van der Waals surface area contributed by atoms with Crippen LogP contribution in [0.4, 0.5) is 0 Å². The van der Waals surface area contributed by atoms with Gasteiger partial charge in [0.1, 0.15) is 0 Å². The van der Waals surface area contributed by atoms with Crippen molar-refractivity contribution in [1.29, 1.82) is 0 Å². The van der Waals surface area contributed by atoms with Crippen LogP contribution in [-0.4, -0.2) is 25.7 Å². The molecule has 0 fully saturated rings. The minimum atomic E-state index is 0.639. The monoisotopic (exact) mass is 776 g/mol. The molecule has 5 heteroatoms. The van der Waals surface area contributed by atoms with Crippen LogP contribution in [0.25, 0.3) is 84.0 Å². The fourth-order valence-electron chi connectivity index (χ4n) is 8.10. The van der Waals surface area contributed by atoms with Crippen LogP contribution in [0.2, 0.25) is 0 Å². The Morgan fingerprint density at radius 2 is 1.05 bits per heavy atom. The first-order chi connectivity index (χ1) is 29.3. The summed E-state index contributed by atoms with van der Waals surface area (Å²) in [7, 11) is 0. The van der Waals surface area contributed by atoms with E-state index in [4.69, 9.17) is 19.9 Å². The van der Waals surface area contributed by atoms with E-state index in [9.17, 15) is 0 Å². The molecule has 0 unspecified atom stereocenters. The van der Waals surface area contributed by atoms with Gasteiger partial charge in [-0.3, -0.25) is 4.98 Å². The first kappa shape index (κ1) is 36.4. The lowest BCUT2D eigenvalue weighted by atomic mass is 9.85. The summed E-state index contributed by atoms with van der Waals surface area (Å²) in [4.78, 5) is 21.6. The third kappa shape index (κ3) is 7.49. The van der Waals surface area contributed by atoms with Gasteiger partial charge in [-0.25, -0.2) is 15.0 Å². The Hall–Kier alpha value is -6.95. The molecule has 59 heavy (non-hydrogen) atoms. The van der Waals surface area contributed by atoms with Gasteiger partial charge in [-0.2, -0.15) is 0 Å². The summed E-state index contributed by atoms with van der Waals surface area (Å²) in [6, 6.07) is 53.4. The first-order valence-electron chi connectivity index (χ1n) is 20.2. The predicted octanol–water partition coefficient (Wildman–Crippen LogP) is 13.9. The van der Waals surface area contributed by atoms with E-state index in [0.29, 0.717) is 17.5 Å². The Kier molecular flexibility index (Phi) is 10.2. The van der Waals surface area contributed by atoms with Crippen LogP contribution in [0, 0.1) is 0 Å². The molecule has 0 saturated heterocycles. The smallest absolute Gasteiger partial charge is 0.164 e. The van der Waals surface area contributed by atoms with Crippen LogP contribution in [0.1, 0.15) is 24.0 Å². The molecule has 282 valence electrons. The van der Waals surface area contributed by atoms with E-state index in [1.165, 1.54) is 38.3 Å². The summed E-state index contributed by atoms with van der Waals surface area (Å²) in [5, 5.41) is 1.13. The van der Waals surface area contributed by atoms with Crippen molar-refractivity contribution in [1.82, 2.24) is 19.9 Å². The molecule has 6 aromatic carbocycles. The third-order valence-electron chi connectivity index (χ3n) is 11.0. The second-order valence-corrected chi connectivity index (χ2v) is 15.8. The number of fused-ring (bicyclic) bond motifs is 6. The van der Waals surface area contributed by atoms with Crippen molar-refractivity contribution in [3.63, 3.8) is 0 Å². The minimum Gasteiger partial charge on any atom is -0.256 e. The van der Waals surface area contributed by atoms with Crippen molar-refractivity contribution < 1.29 is 0 Å². The van der Waals surface area contributed by atoms with Gasteiger partial charge >= 0.3 is 0 Å². The van der Waals surface area contributed by atoms with Gasteiger partial charge in [0.2, 0.25) is 0 Å². The Morgan fingerprint density at radius 1 is 0.441 bits per heavy atom. The zero-order valence-corrected chi connectivity index (χ0v) is 33.3. The SMILES string of the molecule is C1=C2SC/C=C\C=C/Cc3ccc(-c4ccc(-c5ccccc5)c5cccnc45)cc3-c3cc(-c4nc(-c5ccccc5)nc(-c5ccccc5)n4)ccc3C2=CCC1. The molecule has 0 spiro atoms. The third-order valence-corrected chi connectivity index (χ3v) is 12.1. The van der Waals surface area contributed by atoms with Gasteiger partial charge in [-0.1, -0.05) is 170 Å². The number of thioether (sulfide) groups is 1. The van der Waals surface area contributed by atoms with Gasteiger partial charge in [0.25, 0.3) is 0 Å². The highest BCUT2D eigenvalue weighted by Crippen LogP contribution is 2.44. The van der Waals surface area contributed by atoms with Crippen molar-refractivity contribution in [2.75, 3.05) is 5.75 Å². The number of hydrogen-bond donors (Lipinski definition) is 0. The predicted molar refractivity (Wildman–Crippen MR) is 247 cm³/mol. The van der Waals surface area contributed by atoms with E-state index in [1.54, 1.807) is 0 Å². The molecule has 0 saturated carbocycles. The minimum absolute atomic E-state index is 0.639. The van der Waals surface area contributed by atoms with Gasteiger partial charge in [-0.15, -0.1) is 11.8 Å². The second-order valence-electron chi connectivity index (χ2n) is 14.7. The fourth-order valence-corrected chi connectivity index (χ4v) is 9.08. The number of pyridine rings is 1. The Morgan fingerprint density at radius 3 is 1.80 bits per heavy atom. The molecular weight excluding hydrogens is 737 g/mol. The van der Waals surface area contributed by atoms with E-state index < -0.39 is 0 Å². The Labute approximate surface area is 349 Å². The highest BCUT2D eigenvalue weighted by atomic mass is 32.2. The highest BCUT2D eigenvalue weighted by Gasteiger charge is 2.22. The molecule has 0 amide bonds. The van der Waals surface area contributed by atoms with Crippen LogP contribution in [0.5, 0.6) is 0 Å². The van der Waals surface area contributed by atoms with E-state index in [1.807, 2.05) is 60.4 Å². The number of hydrogen-bond acceptors (Lipinski definition) is 5. The summed E-state index contributed by atoms with van der Waals surface area (Å²) in [5.41, 5.74) is 14.5. The van der Waals surface area contributed by atoms with Gasteiger partial charge in [0.05, 0.1) is 5.52 Å². The standard InChI is InChI=1S/C54H40N4S/c1-2-15-34-59-50-26-14-13-24-46(50)45-30-29-42(54-57-52(39-20-9-4-10-21-39)56-53(58-54)40-22-11-5-12-23-40)36-49(45)48-35-41(28-27-38(48)19-6-1)44-32-31-43(37-17-7-3-8-18-37)47-25-16-33-55-51(44)47/h1-12,15-18,20-33,35-36H,13-14,19,34H2/b6-1-,15-2-. The summed E-state index contributed by atoms with van der Waals surface area (Å²) in [5.74, 6) is 2.84. The molecular formula is C54H40N4S.